The van der Waals surface area contributed by atoms with Gasteiger partial charge in [0.2, 0.25) is 0 Å². The van der Waals surface area contributed by atoms with E-state index in [1.54, 1.807) is 19.2 Å². The summed E-state index contributed by atoms with van der Waals surface area (Å²) in [4.78, 5) is 10.6. The molecule has 0 saturated heterocycles. The average molecular weight is 193 g/mol. The highest BCUT2D eigenvalue weighted by Gasteiger charge is 2.13. The molecule has 0 heterocycles. The minimum atomic E-state index is -1.29. The van der Waals surface area contributed by atoms with Crippen molar-refractivity contribution in [2.24, 2.45) is 0 Å². The van der Waals surface area contributed by atoms with Crippen LogP contribution < -0.4 is 11.1 Å². The Balaban J connectivity index is 3.19. The quantitative estimate of drug-likeness (QED) is 0.420. The topological polar surface area (TPSA) is 99.2 Å². The number of nitrogen functional groups attached to an aromatic ring is 1. The first-order valence-electron chi connectivity index (χ1n) is 3.95. The van der Waals surface area contributed by atoms with Crippen LogP contribution >= 0.6 is 0 Å². The molecule has 5 N–H and O–H groups in total. The number of nitrogens with two attached hydrogens (primary N) is 1. The van der Waals surface area contributed by atoms with E-state index in [0.29, 0.717) is 0 Å². The number of hydrogen-bond donors (Lipinski definition) is 4. The first kappa shape index (κ1) is 10.0. The molecular weight excluding hydrogens is 182 g/mol. The van der Waals surface area contributed by atoms with Crippen LogP contribution in [-0.2, 0) is 4.79 Å². The summed E-state index contributed by atoms with van der Waals surface area (Å²) in [5.74, 6) is -1.29. The molecule has 0 aliphatic heterocycles. The van der Waals surface area contributed by atoms with Crippen LogP contribution in [0.3, 0.4) is 0 Å². The molecule has 0 radical (unpaired) electrons. The molecular formula is C9H11N3O2. The zero-order chi connectivity index (χ0) is 10.7. The number of carboxylic acid groups (broad SMARTS) is 1. The Morgan fingerprint density at radius 2 is 2.21 bits per heavy atom. The Morgan fingerprint density at radius 1 is 1.57 bits per heavy atom. The fourth-order valence-electron chi connectivity index (χ4n) is 1.04. The van der Waals surface area contributed by atoms with Gasteiger partial charge in [0, 0.05) is 24.0 Å². The van der Waals surface area contributed by atoms with Crippen molar-refractivity contribution in [2.45, 2.75) is 0 Å². The van der Waals surface area contributed by atoms with Gasteiger partial charge in [0.15, 0.2) is 0 Å². The molecule has 5 heteroatoms. The van der Waals surface area contributed by atoms with Crippen molar-refractivity contribution in [1.82, 2.24) is 0 Å². The molecule has 0 fully saturated rings. The lowest BCUT2D eigenvalue weighted by Crippen LogP contribution is -2.15. The van der Waals surface area contributed by atoms with Crippen LogP contribution in [0.5, 0.6) is 0 Å². The number of benzene rings is 1. The Kier molecular flexibility index (Phi) is 2.71. The highest BCUT2D eigenvalue weighted by Crippen LogP contribution is 2.17. The van der Waals surface area contributed by atoms with Gasteiger partial charge in [0.1, 0.15) is 5.71 Å². The third-order valence-corrected chi connectivity index (χ3v) is 1.83. The van der Waals surface area contributed by atoms with Crippen LogP contribution in [0.15, 0.2) is 18.2 Å². The maximum absolute atomic E-state index is 10.6. The monoisotopic (exact) mass is 193 g/mol. The first-order chi connectivity index (χ1) is 6.56. The number of carboxylic acids is 1. The van der Waals surface area contributed by atoms with E-state index in [4.69, 9.17) is 16.2 Å². The number of rotatable bonds is 3. The van der Waals surface area contributed by atoms with Crippen molar-refractivity contribution in [2.75, 3.05) is 18.1 Å². The van der Waals surface area contributed by atoms with E-state index >= 15 is 0 Å². The summed E-state index contributed by atoms with van der Waals surface area (Å²) in [6.07, 6.45) is 0. The van der Waals surface area contributed by atoms with Crippen LogP contribution in [0.1, 0.15) is 5.56 Å². The van der Waals surface area contributed by atoms with Gasteiger partial charge in [-0.1, -0.05) is 0 Å². The lowest BCUT2D eigenvalue weighted by molar-refractivity contribution is -0.129. The van der Waals surface area contributed by atoms with Gasteiger partial charge >= 0.3 is 5.97 Å². The summed E-state index contributed by atoms with van der Waals surface area (Å²) in [7, 11) is 1.71. The Hall–Kier alpha value is -2.04. The minimum Gasteiger partial charge on any atom is -0.477 e. The van der Waals surface area contributed by atoms with E-state index in [9.17, 15) is 4.79 Å². The summed E-state index contributed by atoms with van der Waals surface area (Å²) >= 11 is 0. The largest absolute Gasteiger partial charge is 0.477 e. The molecule has 0 aromatic heterocycles. The Labute approximate surface area is 81.1 Å². The molecule has 0 atom stereocenters. The molecule has 14 heavy (non-hydrogen) atoms. The zero-order valence-electron chi connectivity index (χ0n) is 7.66. The highest BCUT2D eigenvalue weighted by atomic mass is 16.4. The summed E-state index contributed by atoms with van der Waals surface area (Å²) in [5.41, 5.74) is 6.29. The van der Waals surface area contributed by atoms with E-state index in [-0.39, 0.29) is 11.3 Å². The number of anilines is 2. The molecule has 0 amide bonds. The Bertz CT molecular complexity index is 388. The van der Waals surface area contributed by atoms with Gasteiger partial charge in [0.25, 0.3) is 0 Å². The molecule has 0 aliphatic carbocycles. The van der Waals surface area contributed by atoms with Crippen molar-refractivity contribution >= 4 is 23.1 Å². The number of hydrogen-bond acceptors (Lipinski definition) is 4. The smallest absolute Gasteiger partial charge is 0.354 e. The molecule has 0 saturated carbocycles. The van der Waals surface area contributed by atoms with E-state index in [1.807, 2.05) is 0 Å². The molecule has 1 aromatic rings. The normalized spacial score (nSPS) is 9.50. The summed E-state index contributed by atoms with van der Waals surface area (Å²) in [6.45, 7) is 0. The van der Waals surface area contributed by atoms with Crippen LogP contribution in [0.2, 0.25) is 0 Å². The van der Waals surface area contributed by atoms with Gasteiger partial charge in [-0.2, -0.15) is 0 Å². The molecule has 5 nitrogen and oxygen atoms in total. The fraction of sp³-hybridized carbons (Fsp3) is 0.111. The number of carbonyl (C=O) groups is 1. The van der Waals surface area contributed by atoms with E-state index in [2.05, 4.69) is 5.32 Å². The number of nitrogens with one attached hydrogen (secondary N) is 2. The van der Waals surface area contributed by atoms with Gasteiger partial charge in [0.05, 0.1) is 0 Å². The molecule has 1 aromatic carbocycles. The second-order valence-electron chi connectivity index (χ2n) is 2.73. The maximum atomic E-state index is 10.6. The fourth-order valence-corrected chi connectivity index (χ4v) is 1.04. The van der Waals surface area contributed by atoms with Crippen LogP contribution in [0.25, 0.3) is 0 Å². The predicted octanol–water partition coefficient (Wildman–Crippen LogP) is 0.763. The third-order valence-electron chi connectivity index (χ3n) is 1.83. The van der Waals surface area contributed by atoms with Crippen molar-refractivity contribution in [3.8, 4) is 0 Å². The molecule has 74 valence electrons. The molecule has 0 bridgehead atoms. The molecule has 1 rings (SSSR count). The van der Waals surface area contributed by atoms with Gasteiger partial charge < -0.3 is 16.2 Å². The second kappa shape index (κ2) is 3.78. The standard InChI is InChI=1S/C9H11N3O2/c1-12-5-2-3-7(10)6(4-5)8(11)9(13)14/h2-4,11-12H,10H2,1H3,(H,13,14). The second-order valence-corrected chi connectivity index (χ2v) is 2.73. The van der Waals surface area contributed by atoms with Crippen LogP contribution in [0, 0.1) is 5.41 Å². The highest BCUT2D eigenvalue weighted by molar-refractivity contribution is 6.42. The van der Waals surface area contributed by atoms with Crippen molar-refractivity contribution in [3.63, 3.8) is 0 Å². The SMILES string of the molecule is CNc1ccc(N)c(C(=N)C(=O)O)c1. The Morgan fingerprint density at radius 3 is 2.71 bits per heavy atom. The molecule has 0 aliphatic rings. The van der Waals surface area contributed by atoms with Crippen LogP contribution in [-0.4, -0.2) is 23.8 Å². The van der Waals surface area contributed by atoms with E-state index in [0.717, 1.165) is 5.69 Å². The molecule has 0 unspecified atom stereocenters. The maximum Gasteiger partial charge on any atom is 0.354 e. The van der Waals surface area contributed by atoms with Gasteiger partial charge in [-0.25, -0.2) is 4.79 Å². The van der Waals surface area contributed by atoms with Crippen LogP contribution in [0.4, 0.5) is 11.4 Å². The average Bonchev–Trinajstić information content (AvgIpc) is 2.17. The third kappa shape index (κ3) is 1.82. The minimum absolute atomic E-state index is 0.226. The first-order valence-corrected chi connectivity index (χ1v) is 3.95. The van der Waals surface area contributed by atoms with Crippen molar-refractivity contribution < 1.29 is 9.90 Å². The van der Waals surface area contributed by atoms with Crippen molar-refractivity contribution in [3.05, 3.63) is 23.8 Å². The lowest BCUT2D eigenvalue weighted by Gasteiger charge is -2.06. The van der Waals surface area contributed by atoms with Crippen molar-refractivity contribution in [1.29, 1.82) is 5.41 Å². The zero-order valence-corrected chi connectivity index (χ0v) is 7.66. The summed E-state index contributed by atoms with van der Waals surface area (Å²) in [6, 6.07) is 4.82. The lowest BCUT2D eigenvalue weighted by atomic mass is 10.1. The van der Waals surface area contributed by atoms with Gasteiger partial charge in [-0.3, -0.25) is 5.41 Å². The van der Waals surface area contributed by atoms with Gasteiger partial charge in [-0.05, 0) is 18.2 Å². The summed E-state index contributed by atoms with van der Waals surface area (Å²) in [5, 5.41) is 18.8. The molecule has 0 spiro atoms. The van der Waals surface area contributed by atoms with E-state index < -0.39 is 11.7 Å². The summed E-state index contributed by atoms with van der Waals surface area (Å²) < 4.78 is 0. The number of aliphatic carboxylic acids is 1. The van der Waals surface area contributed by atoms with E-state index in [1.165, 1.54) is 6.07 Å². The van der Waals surface area contributed by atoms with Gasteiger partial charge in [-0.15, -0.1) is 0 Å². The predicted molar refractivity (Wildman–Crippen MR) is 54.9 cm³/mol.